The molecule has 0 saturated heterocycles. The van der Waals surface area contributed by atoms with Gasteiger partial charge >= 0.3 is 0 Å². The highest BCUT2D eigenvalue weighted by atomic mass is 16.5. The topological polar surface area (TPSA) is 12.5 Å². The standard InChI is InChI=1S/C64H43NO/c1-63(2)54-24-12-9-22-50(54)52-34-32-46(39-58(52)63)65(45-31-27-40-15-3-4-18-43(40)37-45)60-26-14-11-19-47(60)44-28-33-53-51-23-10-13-25-55(51)64(59(53)38-44)56-35-29-41-16-5-7-20-48(41)61(56)66-62-49-21-8-6-17-42(49)30-36-57(62)64/h3-39H,1-2H3. The summed E-state index contributed by atoms with van der Waals surface area (Å²) in [6.07, 6.45) is 0. The molecule has 0 atom stereocenters. The molecule has 11 aromatic carbocycles. The largest absolute Gasteiger partial charge is 0.455 e. The quantitative estimate of drug-likeness (QED) is 0.175. The minimum absolute atomic E-state index is 0.146. The molecule has 2 heteroatoms. The van der Waals surface area contributed by atoms with E-state index in [1.54, 1.807) is 0 Å². The number of rotatable bonds is 4. The van der Waals surface area contributed by atoms with Crippen LogP contribution in [0.2, 0.25) is 0 Å². The summed E-state index contributed by atoms with van der Waals surface area (Å²) in [5.41, 5.74) is 17.6. The molecule has 1 aliphatic heterocycles. The Kier molecular flexibility index (Phi) is 7.70. The lowest BCUT2D eigenvalue weighted by atomic mass is 9.65. The van der Waals surface area contributed by atoms with E-state index in [9.17, 15) is 0 Å². The first-order valence-corrected chi connectivity index (χ1v) is 23.1. The molecule has 2 aliphatic carbocycles. The highest BCUT2D eigenvalue weighted by Crippen LogP contribution is 2.64. The molecule has 66 heavy (non-hydrogen) atoms. The van der Waals surface area contributed by atoms with Crippen molar-refractivity contribution < 1.29 is 4.74 Å². The first-order chi connectivity index (χ1) is 32.5. The van der Waals surface area contributed by atoms with Gasteiger partial charge in [0.15, 0.2) is 0 Å². The molecule has 0 radical (unpaired) electrons. The van der Waals surface area contributed by atoms with Crippen molar-refractivity contribution in [2.75, 3.05) is 4.90 Å². The van der Waals surface area contributed by atoms with E-state index in [2.05, 4.69) is 243 Å². The van der Waals surface area contributed by atoms with E-state index < -0.39 is 5.41 Å². The van der Waals surface area contributed by atoms with E-state index in [1.807, 2.05) is 0 Å². The Morgan fingerprint density at radius 1 is 0.333 bits per heavy atom. The summed E-state index contributed by atoms with van der Waals surface area (Å²) in [6.45, 7) is 4.73. The molecule has 0 fully saturated rings. The Morgan fingerprint density at radius 3 is 1.56 bits per heavy atom. The number of hydrogen-bond donors (Lipinski definition) is 0. The molecule has 1 spiro atoms. The molecule has 11 aromatic rings. The Labute approximate surface area is 384 Å². The highest BCUT2D eigenvalue weighted by molar-refractivity contribution is 6.01. The van der Waals surface area contributed by atoms with E-state index in [4.69, 9.17) is 4.74 Å². The summed E-state index contributed by atoms with van der Waals surface area (Å²) >= 11 is 0. The van der Waals surface area contributed by atoms with Crippen molar-refractivity contribution in [3.05, 3.63) is 258 Å². The van der Waals surface area contributed by atoms with Gasteiger partial charge in [0.05, 0.1) is 11.1 Å². The van der Waals surface area contributed by atoms with Crippen LogP contribution in [-0.2, 0) is 10.8 Å². The van der Waals surface area contributed by atoms with Gasteiger partial charge in [-0.3, -0.25) is 0 Å². The third kappa shape index (κ3) is 5.01. The second-order valence-corrected chi connectivity index (χ2v) is 18.8. The summed E-state index contributed by atoms with van der Waals surface area (Å²) in [4.78, 5) is 2.48. The molecular formula is C64H43NO. The van der Waals surface area contributed by atoms with Crippen molar-refractivity contribution in [1.82, 2.24) is 0 Å². The molecule has 14 rings (SSSR count). The number of hydrogen-bond acceptors (Lipinski definition) is 2. The lowest BCUT2D eigenvalue weighted by molar-refractivity contribution is 0.447. The van der Waals surface area contributed by atoms with E-state index >= 15 is 0 Å². The van der Waals surface area contributed by atoms with Gasteiger partial charge in [-0.15, -0.1) is 0 Å². The fourth-order valence-electron chi connectivity index (χ4n) is 12.1. The van der Waals surface area contributed by atoms with Crippen LogP contribution in [0.15, 0.2) is 224 Å². The zero-order chi connectivity index (χ0) is 43.7. The van der Waals surface area contributed by atoms with Gasteiger partial charge in [-0.25, -0.2) is 0 Å². The maximum Gasteiger partial charge on any atom is 0.140 e. The molecule has 310 valence electrons. The molecule has 0 unspecified atom stereocenters. The normalized spacial score (nSPS) is 14.3. The second kappa shape index (κ2) is 13.7. The molecule has 1 heterocycles. The maximum atomic E-state index is 7.27. The predicted molar refractivity (Wildman–Crippen MR) is 274 cm³/mol. The number of benzene rings is 11. The zero-order valence-electron chi connectivity index (χ0n) is 36.7. The number of ether oxygens (including phenoxy) is 1. The predicted octanol–water partition coefficient (Wildman–Crippen LogP) is 17.1. The summed E-state index contributed by atoms with van der Waals surface area (Å²) in [6, 6.07) is 83.4. The van der Waals surface area contributed by atoms with E-state index in [0.717, 1.165) is 61.2 Å². The third-order valence-corrected chi connectivity index (χ3v) is 15.1. The summed E-state index contributed by atoms with van der Waals surface area (Å²) in [5.74, 6) is 1.85. The molecule has 0 saturated carbocycles. The van der Waals surface area contributed by atoms with Crippen molar-refractivity contribution in [1.29, 1.82) is 0 Å². The van der Waals surface area contributed by atoms with Gasteiger partial charge in [-0.05, 0) is 108 Å². The second-order valence-electron chi connectivity index (χ2n) is 18.8. The molecule has 0 bridgehead atoms. The molecule has 3 aliphatic rings. The molecule has 2 nitrogen and oxygen atoms in total. The lowest BCUT2D eigenvalue weighted by Crippen LogP contribution is -2.32. The van der Waals surface area contributed by atoms with Crippen molar-refractivity contribution in [2.45, 2.75) is 24.7 Å². The Balaban J connectivity index is 1.03. The van der Waals surface area contributed by atoms with Gasteiger partial charge < -0.3 is 9.64 Å². The van der Waals surface area contributed by atoms with Crippen molar-refractivity contribution in [3.63, 3.8) is 0 Å². The Hall–Kier alpha value is -8.20. The van der Waals surface area contributed by atoms with Crippen molar-refractivity contribution in [3.8, 4) is 44.9 Å². The van der Waals surface area contributed by atoms with Crippen LogP contribution in [0.5, 0.6) is 11.5 Å². The van der Waals surface area contributed by atoms with E-state index in [1.165, 1.54) is 66.4 Å². The van der Waals surface area contributed by atoms with Gasteiger partial charge in [0.2, 0.25) is 0 Å². The summed E-state index contributed by atoms with van der Waals surface area (Å²) in [7, 11) is 0. The van der Waals surface area contributed by atoms with Gasteiger partial charge in [0.1, 0.15) is 11.5 Å². The van der Waals surface area contributed by atoms with Gasteiger partial charge in [-0.2, -0.15) is 0 Å². The van der Waals surface area contributed by atoms with Crippen LogP contribution in [0.4, 0.5) is 17.1 Å². The van der Waals surface area contributed by atoms with Gasteiger partial charge in [0.25, 0.3) is 0 Å². The zero-order valence-corrected chi connectivity index (χ0v) is 36.7. The fourth-order valence-corrected chi connectivity index (χ4v) is 12.1. The van der Waals surface area contributed by atoms with Crippen LogP contribution in [0.1, 0.15) is 47.2 Å². The van der Waals surface area contributed by atoms with Crippen LogP contribution in [-0.4, -0.2) is 0 Å². The maximum absolute atomic E-state index is 7.27. The van der Waals surface area contributed by atoms with Gasteiger partial charge in [0, 0.05) is 44.3 Å². The third-order valence-electron chi connectivity index (χ3n) is 15.1. The average Bonchev–Trinajstić information content (AvgIpc) is 3.78. The van der Waals surface area contributed by atoms with E-state index in [0.29, 0.717) is 0 Å². The molecular weight excluding hydrogens is 799 g/mol. The molecule has 0 amide bonds. The number of nitrogens with zero attached hydrogens (tertiary/aromatic N) is 1. The monoisotopic (exact) mass is 841 g/mol. The Morgan fingerprint density at radius 2 is 0.833 bits per heavy atom. The smallest absolute Gasteiger partial charge is 0.140 e. The number of fused-ring (bicyclic) bond motifs is 17. The lowest BCUT2D eigenvalue weighted by Gasteiger charge is -2.40. The average molecular weight is 842 g/mol. The minimum atomic E-state index is -0.646. The van der Waals surface area contributed by atoms with Crippen LogP contribution >= 0.6 is 0 Å². The molecule has 0 aromatic heterocycles. The number of anilines is 3. The number of para-hydroxylation sites is 1. The van der Waals surface area contributed by atoms with Crippen LogP contribution in [0.25, 0.3) is 65.7 Å². The summed E-state index contributed by atoms with van der Waals surface area (Å²) in [5, 5.41) is 6.99. The minimum Gasteiger partial charge on any atom is -0.455 e. The van der Waals surface area contributed by atoms with Gasteiger partial charge in [-0.1, -0.05) is 202 Å². The van der Waals surface area contributed by atoms with Crippen LogP contribution in [0, 0.1) is 0 Å². The fraction of sp³-hybridized carbons (Fsp3) is 0.0625. The molecule has 0 N–H and O–H groups in total. The first kappa shape index (κ1) is 37.2. The summed E-state index contributed by atoms with van der Waals surface area (Å²) < 4.78 is 7.27. The SMILES string of the molecule is CC1(C)c2ccccc2-c2ccc(N(c3ccc4ccccc4c3)c3ccccc3-c3ccc4c(c3)C3(c5ccccc5-4)c4ccc5ccccc5c4Oc4c3ccc3ccccc43)cc21. The van der Waals surface area contributed by atoms with Crippen molar-refractivity contribution in [2.24, 2.45) is 0 Å². The van der Waals surface area contributed by atoms with E-state index in [-0.39, 0.29) is 5.41 Å². The first-order valence-electron chi connectivity index (χ1n) is 23.1. The Bertz CT molecular complexity index is 3770. The van der Waals surface area contributed by atoms with Crippen LogP contribution in [0.3, 0.4) is 0 Å². The van der Waals surface area contributed by atoms with Crippen LogP contribution < -0.4 is 9.64 Å². The highest BCUT2D eigenvalue weighted by Gasteiger charge is 2.52. The van der Waals surface area contributed by atoms with Crippen molar-refractivity contribution >= 4 is 49.4 Å².